The number of carbonyl (C=O) groups excluding carboxylic acids is 2. The molecular formula is C18H15Cl2NO3. The average molecular weight is 364 g/mol. The van der Waals surface area contributed by atoms with E-state index in [1.54, 1.807) is 4.90 Å². The van der Waals surface area contributed by atoms with Gasteiger partial charge in [-0.15, -0.1) is 0 Å². The molecule has 1 heterocycles. The molecule has 24 heavy (non-hydrogen) atoms. The van der Waals surface area contributed by atoms with Gasteiger partial charge in [0, 0.05) is 18.7 Å². The number of carbonyl (C=O) groups is 2. The van der Waals surface area contributed by atoms with Gasteiger partial charge in [-0.25, -0.2) is 4.79 Å². The maximum absolute atomic E-state index is 12.8. The number of benzene rings is 2. The van der Waals surface area contributed by atoms with Crippen molar-refractivity contribution in [2.45, 2.75) is 13.0 Å². The summed E-state index contributed by atoms with van der Waals surface area (Å²) in [5.41, 5.74) is 2.26. The number of methoxy groups -OCH3 is 1. The van der Waals surface area contributed by atoms with Crippen molar-refractivity contribution in [3.63, 3.8) is 0 Å². The molecule has 0 bridgehead atoms. The molecule has 0 fully saturated rings. The lowest BCUT2D eigenvalue weighted by molar-refractivity contribution is 0.0599. The Morgan fingerprint density at radius 2 is 1.96 bits per heavy atom. The summed E-state index contributed by atoms with van der Waals surface area (Å²) in [6.07, 6.45) is 0.563. The second kappa shape index (κ2) is 6.83. The van der Waals surface area contributed by atoms with Crippen molar-refractivity contribution >= 4 is 35.1 Å². The van der Waals surface area contributed by atoms with Gasteiger partial charge in [-0.1, -0.05) is 53.5 Å². The number of halogens is 2. The van der Waals surface area contributed by atoms with Crippen LogP contribution in [0, 0.1) is 0 Å². The van der Waals surface area contributed by atoms with Gasteiger partial charge < -0.3 is 9.64 Å². The second-order valence-electron chi connectivity index (χ2n) is 5.53. The third-order valence-corrected chi connectivity index (χ3v) is 4.79. The molecule has 2 aromatic carbocycles. The second-order valence-corrected chi connectivity index (χ2v) is 6.31. The van der Waals surface area contributed by atoms with E-state index in [1.165, 1.54) is 13.2 Å². The highest BCUT2D eigenvalue weighted by Crippen LogP contribution is 2.35. The molecule has 0 aromatic heterocycles. The van der Waals surface area contributed by atoms with E-state index in [0.29, 0.717) is 30.6 Å². The first-order valence-corrected chi connectivity index (χ1v) is 8.21. The first kappa shape index (κ1) is 16.8. The number of amides is 1. The molecule has 0 unspecified atom stereocenters. The van der Waals surface area contributed by atoms with E-state index in [2.05, 4.69) is 0 Å². The minimum absolute atomic E-state index is 0.115. The third-order valence-electron chi connectivity index (χ3n) is 4.07. The molecular weight excluding hydrogens is 349 g/mol. The zero-order chi connectivity index (χ0) is 17.3. The Morgan fingerprint density at radius 1 is 1.25 bits per heavy atom. The fourth-order valence-corrected chi connectivity index (χ4v) is 3.56. The summed E-state index contributed by atoms with van der Waals surface area (Å²) in [5.74, 6) is -0.743. The first-order chi connectivity index (χ1) is 11.5. The highest BCUT2D eigenvalue weighted by atomic mass is 35.5. The lowest BCUT2D eigenvalue weighted by atomic mass is 9.95. The van der Waals surface area contributed by atoms with E-state index in [9.17, 15) is 9.59 Å². The molecule has 0 atom stereocenters. The summed E-state index contributed by atoms with van der Waals surface area (Å²) in [6.45, 7) is 1.05. The zero-order valence-corrected chi connectivity index (χ0v) is 14.5. The summed E-state index contributed by atoms with van der Waals surface area (Å²) in [4.78, 5) is 26.4. The van der Waals surface area contributed by atoms with Crippen LogP contribution in [0.5, 0.6) is 0 Å². The normalized spacial score (nSPS) is 13.6. The van der Waals surface area contributed by atoms with Crippen LogP contribution in [0.3, 0.4) is 0 Å². The Balaban J connectivity index is 1.95. The average Bonchev–Trinajstić information content (AvgIpc) is 2.58. The molecule has 0 aliphatic carbocycles. The van der Waals surface area contributed by atoms with Gasteiger partial charge in [0.05, 0.1) is 22.7 Å². The van der Waals surface area contributed by atoms with Gasteiger partial charge in [0.2, 0.25) is 0 Å². The molecule has 1 amide bonds. The minimum atomic E-state index is -0.605. The van der Waals surface area contributed by atoms with Crippen molar-refractivity contribution in [2.24, 2.45) is 0 Å². The van der Waals surface area contributed by atoms with Crippen LogP contribution >= 0.6 is 23.2 Å². The molecule has 4 nitrogen and oxygen atoms in total. The number of rotatable bonds is 3. The Morgan fingerprint density at radius 3 is 2.62 bits per heavy atom. The molecule has 0 saturated carbocycles. The van der Waals surface area contributed by atoms with E-state index in [4.69, 9.17) is 27.9 Å². The summed E-state index contributed by atoms with van der Waals surface area (Å²) in [7, 11) is 1.27. The van der Waals surface area contributed by atoms with Crippen LogP contribution < -0.4 is 0 Å². The van der Waals surface area contributed by atoms with Gasteiger partial charge >= 0.3 is 5.97 Å². The van der Waals surface area contributed by atoms with E-state index >= 15 is 0 Å². The molecule has 2 aromatic rings. The van der Waals surface area contributed by atoms with Crippen molar-refractivity contribution in [1.82, 2.24) is 4.90 Å². The first-order valence-electron chi connectivity index (χ1n) is 7.45. The SMILES string of the molecule is COC(=O)c1c(Cl)cc2c(c1Cl)CCN(Cc1ccccc1)C2=O. The molecule has 1 aliphatic heterocycles. The van der Waals surface area contributed by atoms with Crippen molar-refractivity contribution in [3.8, 4) is 0 Å². The number of ether oxygens (including phenoxy) is 1. The molecule has 6 heteroatoms. The fraction of sp³-hybridized carbons (Fsp3) is 0.222. The highest BCUT2D eigenvalue weighted by molar-refractivity contribution is 6.40. The number of esters is 1. The summed E-state index contributed by atoms with van der Waals surface area (Å²) >= 11 is 12.5. The van der Waals surface area contributed by atoms with E-state index < -0.39 is 5.97 Å². The maximum Gasteiger partial charge on any atom is 0.340 e. The molecule has 3 rings (SSSR count). The van der Waals surface area contributed by atoms with Gasteiger partial charge in [-0.3, -0.25) is 4.79 Å². The molecule has 0 N–H and O–H groups in total. The van der Waals surface area contributed by atoms with Crippen LogP contribution in [-0.2, 0) is 17.7 Å². The quantitative estimate of drug-likeness (QED) is 0.774. The van der Waals surface area contributed by atoms with Crippen LogP contribution in [0.1, 0.15) is 31.8 Å². The standard InChI is InChI=1S/C18H15Cl2NO3/c1-24-18(23)15-14(19)9-13-12(16(15)20)7-8-21(17(13)22)10-11-5-3-2-4-6-11/h2-6,9H,7-8,10H2,1H3. The van der Waals surface area contributed by atoms with Crippen LogP contribution in [-0.4, -0.2) is 30.4 Å². The number of nitrogens with zero attached hydrogens (tertiary/aromatic N) is 1. The summed E-state index contributed by atoms with van der Waals surface area (Å²) in [5, 5.41) is 0.331. The van der Waals surface area contributed by atoms with Gasteiger partial charge in [0.15, 0.2) is 0 Å². The number of hydrogen-bond donors (Lipinski definition) is 0. The Hall–Kier alpha value is -2.04. The Kier molecular flexibility index (Phi) is 4.78. The Labute approximate surface area is 149 Å². The van der Waals surface area contributed by atoms with Crippen LogP contribution in [0.4, 0.5) is 0 Å². The summed E-state index contributed by atoms with van der Waals surface area (Å²) < 4.78 is 4.71. The van der Waals surface area contributed by atoms with Gasteiger partial charge in [-0.2, -0.15) is 0 Å². The number of fused-ring (bicyclic) bond motifs is 1. The molecule has 0 saturated heterocycles. The lowest BCUT2D eigenvalue weighted by Crippen LogP contribution is -2.37. The predicted octanol–water partition coefficient (Wildman–Crippen LogP) is 3.98. The monoisotopic (exact) mass is 363 g/mol. The van der Waals surface area contributed by atoms with Crippen molar-refractivity contribution < 1.29 is 14.3 Å². The highest BCUT2D eigenvalue weighted by Gasteiger charge is 2.30. The maximum atomic E-state index is 12.8. The fourth-order valence-electron chi connectivity index (χ4n) is 2.86. The van der Waals surface area contributed by atoms with Crippen molar-refractivity contribution in [3.05, 3.63) is 68.7 Å². The minimum Gasteiger partial charge on any atom is -0.465 e. The van der Waals surface area contributed by atoms with Crippen LogP contribution in [0.25, 0.3) is 0 Å². The van der Waals surface area contributed by atoms with E-state index in [0.717, 1.165) is 5.56 Å². The van der Waals surface area contributed by atoms with Gasteiger partial charge in [-0.05, 0) is 23.6 Å². The van der Waals surface area contributed by atoms with Gasteiger partial charge in [0.25, 0.3) is 5.91 Å². The predicted molar refractivity (Wildman–Crippen MR) is 92.7 cm³/mol. The zero-order valence-electron chi connectivity index (χ0n) is 13.0. The van der Waals surface area contributed by atoms with E-state index in [-0.39, 0.29) is 21.5 Å². The largest absolute Gasteiger partial charge is 0.465 e. The van der Waals surface area contributed by atoms with Crippen LogP contribution in [0.15, 0.2) is 36.4 Å². The molecule has 1 aliphatic rings. The molecule has 124 valence electrons. The Bertz CT molecular complexity index is 806. The lowest BCUT2D eigenvalue weighted by Gasteiger charge is -2.30. The molecule has 0 spiro atoms. The van der Waals surface area contributed by atoms with Crippen molar-refractivity contribution in [1.29, 1.82) is 0 Å². The topological polar surface area (TPSA) is 46.6 Å². The number of hydrogen-bond acceptors (Lipinski definition) is 3. The third kappa shape index (κ3) is 2.99. The summed E-state index contributed by atoms with van der Waals surface area (Å²) in [6, 6.07) is 11.3. The van der Waals surface area contributed by atoms with Crippen molar-refractivity contribution in [2.75, 3.05) is 13.7 Å². The van der Waals surface area contributed by atoms with Gasteiger partial charge in [0.1, 0.15) is 0 Å². The van der Waals surface area contributed by atoms with E-state index in [1.807, 2.05) is 30.3 Å². The van der Waals surface area contributed by atoms with Crippen LogP contribution in [0.2, 0.25) is 10.0 Å². The molecule has 0 radical (unpaired) electrons. The smallest absolute Gasteiger partial charge is 0.340 e.